The number of methoxy groups -OCH3 is 1. The van der Waals surface area contributed by atoms with E-state index in [-0.39, 0.29) is 24.4 Å². The summed E-state index contributed by atoms with van der Waals surface area (Å²) in [6, 6.07) is 15.4. The SMILES string of the molecule is COc1ccc(-n2c(NC(=O)[C@@H]3CC[C@H](CN)O3)nc3ccccc32)cc1.Cl. The van der Waals surface area contributed by atoms with Crippen molar-refractivity contribution < 1.29 is 14.3 Å². The van der Waals surface area contributed by atoms with Gasteiger partial charge >= 0.3 is 0 Å². The second-order valence-electron chi connectivity index (χ2n) is 6.51. The monoisotopic (exact) mass is 402 g/mol. The van der Waals surface area contributed by atoms with Crippen molar-refractivity contribution in [3.63, 3.8) is 0 Å². The van der Waals surface area contributed by atoms with Crippen LogP contribution >= 0.6 is 12.4 Å². The van der Waals surface area contributed by atoms with E-state index in [1.807, 2.05) is 53.1 Å². The number of ether oxygens (including phenoxy) is 2. The molecule has 2 atom stereocenters. The zero-order valence-electron chi connectivity index (χ0n) is 15.5. The van der Waals surface area contributed by atoms with Gasteiger partial charge in [-0.05, 0) is 49.2 Å². The van der Waals surface area contributed by atoms with Crippen molar-refractivity contribution >= 4 is 35.3 Å². The minimum absolute atomic E-state index is 0. The molecule has 1 saturated heterocycles. The third-order valence-electron chi connectivity index (χ3n) is 4.79. The Balaban J connectivity index is 0.00000225. The topological polar surface area (TPSA) is 91.4 Å². The lowest BCUT2D eigenvalue weighted by Gasteiger charge is -2.14. The number of amides is 1. The van der Waals surface area contributed by atoms with Crippen LogP contribution in [0.2, 0.25) is 0 Å². The van der Waals surface area contributed by atoms with Crippen molar-refractivity contribution in [1.29, 1.82) is 0 Å². The van der Waals surface area contributed by atoms with Gasteiger partial charge in [-0.2, -0.15) is 0 Å². The number of para-hydroxylation sites is 2. The van der Waals surface area contributed by atoms with Crippen LogP contribution < -0.4 is 15.8 Å². The number of nitrogens with two attached hydrogens (primary N) is 1. The lowest BCUT2D eigenvalue weighted by molar-refractivity contribution is -0.126. The molecule has 1 aliphatic rings. The van der Waals surface area contributed by atoms with Crippen LogP contribution in [0.5, 0.6) is 5.75 Å². The summed E-state index contributed by atoms with van der Waals surface area (Å²) in [4.78, 5) is 17.3. The molecule has 1 aromatic heterocycles. The average Bonchev–Trinajstić information content (AvgIpc) is 3.32. The fraction of sp³-hybridized carbons (Fsp3) is 0.300. The van der Waals surface area contributed by atoms with E-state index in [2.05, 4.69) is 10.3 Å². The predicted octanol–water partition coefficient (Wildman–Crippen LogP) is 2.90. The summed E-state index contributed by atoms with van der Waals surface area (Å²) in [7, 11) is 1.63. The van der Waals surface area contributed by atoms with E-state index < -0.39 is 6.10 Å². The molecule has 1 fully saturated rings. The number of hydrogen-bond donors (Lipinski definition) is 2. The first-order chi connectivity index (χ1) is 13.2. The van der Waals surface area contributed by atoms with Crippen LogP contribution in [0.4, 0.5) is 5.95 Å². The maximum absolute atomic E-state index is 12.7. The molecular formula is C20H23ClN4O3. The summed E-state index contributed by atoms with van der Waals surface area (Å²) in [5.41, 5.74) is 8.23. The number of hydrogen-bond acceptors (Lipinski definition) is 5. The molecule has 0 spiro atoms. The molecule has 28 heavy (non-hydrogen) atoms. The number of carbonyl (C=O) groups excluding carboxylic acids is 1. The molecule has 0 saturated carbocycles. The molecule has 0 radical (unpaired) electrons. The molecule has 1 amide bonds. The van der Waals surface area contributed by atoms with Gasteiger partial charge in [0.1, 0.15) is 11.9 Å². The lowest BCUT2D eigenvalue weighted by atomic mass is 10.2. The molecule has 2 heterocycles. The number of aromatic nitrogens is 2. The van der Waals surface area contributed by atoms with E-state index in [1.165, 1.54) is 0 Å². The van der Waals surface area contributed by atoms with Crippen LogP contribution in [0.25, 0.3) is 16.7 Å². The molecule has 3 aromatic rings. The minimum Gasteiger partial charge on any atom is -0.497 e. The Bertz CT molecular complexity index is 958. The van der Waals surface area contributed by atoms with Gasteiger partial charge in [-0.15, -0.1) is 12.4 Å². The van der Waals surface area contributed by atoms with Crippen molar-refractivity contribution in [2.75, 3.05) is 19.0 Å². The molecule has 0 bridgehead atoms. The highest BCUT2D eigenvalue weighted by Crippen LogP contribution is 2.27. The summed E-state index contributed by atoms with van der Waals surface area (Å²) < 4.78 is 12.9. The number of fused-ring (bicyclic) bond motifs is 1. The highest BCUT2D eigenvalue weighted by atomic mass is 35.5. The second kappa shape index (κ2) is 8.60. The zero-order chi connectivity index (χ0) is 18.8. The highest BCUT2D eigenvalue weighted by molar-refractivity contribution is 5.95. The Kier molecular flexibility index (Phi) is 6.18. The summed E-state index contributed by atoms with van der Waals surface area (Å²) in [6.07, 6.45) is 0.906. The van der Waals surface area contributed by atoms with Gasteiger partial charge in [0.05, 0.1) is 24.2 Å². The van der Waals surface area contributed by atoms with Gasteiger partial charge < -0.3 is 15.2 Å². The van der Waals surface area contributed by atoms with E-state index in [4.69, 9.17) is 15.2 Å². The van der Waals surface area contributed by atoms with Crippen LogP contribution in [-0.4, -0.2) is 41.3 Å². The van der Waals surface area contributed by atoms with Gasteiger partial charge in [-0.3, -0.25) is 14.7 Å². The smallest absolute Gasteiger partial charge is 0.255 e. The first kappa shape index (κ1) is 20.1. The maximum Gasteiger partial charge on any atom is 0.255 e. The predicted molar refractivity (Wildman–Crippen MR) is 110 cm³/mol. The second-order valence-corrected chi connectivity index (χ2v) is 6.51. The molecule has 8 heteroatoms. The standard InChI is InChI=1S/C20H22N4O3.ClH/c1-26-14-8-6-13(7-9-14)24-17-5-3-2-4-16(17)22-20(24)23-19(25)18-11-10-15(12-21)27-18;/h2-9,15,18H,10-12,21H2,1H3,(H,22,23,25);1H/t15-,18+;/m1./s1. The molecule has 7 nitrogen and oxygen atoms in total. The summed E-state index contributed by atoms with van der Waals surface area (Å²) in [5.74, 6) is 1.03. The van der Waals surface area contributed by atoms with E-state index >= 15 is 0 Å². The van der Waals surface area contributed by atoms with E-state index in [9.17, 15) is 4.79 Å². The van der Waals surface area contributed by atoms with Gasteiger partial charge in [-0.1, -0.05) is 12.1 Å². The number of anilines is 1. The number of imidazole rings is 1. The van der Waals surface area contributed by atoms with Gasteiger partial charge in [0, 0.05) is 12.2 Å². The van der Waals surface area contributed by atoms with Crippen molar-refractivity contribution in [1.82, 2.24) is 9.55 Å². The fourth-order valence-corrected chi connectivity index (χ4v) is 3.37. The lowest BCUT2D eigenvalue weighted by Crippen LogP contribution is -2.30. The van der Waals surface area contributed by atoms with Gasteiger partial charge in [-0.25, -0.2) is 4.98 Å². The third kappa shape index (κ3) is 3.82. The zero-order valence-corrected chi connectivity index (χ0v) is 16.3. The highest BCUT2D eigenvalue weighted by Gasteiger charge is 2.30. The van der Waals surface area contributed by atoms with Gasteiger partial charge in [0.25, 0.3) is 5.91 Å². The van der Waals surface area contributed by atoms with E-state index in [0.717, 1.165) is 28.9 Å². The summed E-state index contributed by atoms with van der Waals surface area (Å²) in [6.45, 7) is 0.425. The summed E-state index contributed by atoms with van der Waals surface area (Å²) >= 11 is 0. The Hall–Kier alpha value is -2.61. The normalized spacial score (nSPS) is 18.6. The minimum atomic E-state index is -0.498. The Morgan fingerprint density at radius 2 is 2.00 bits per heavy atom. The first-order valence-electron chi connectivity index (χ1n) is 8.98. The van der Waals surface area contributed by atoms with Crippen LogP contribution in [0.1, 0.15) is 12.8 Å². The van der Waals surface area contributed by atoms with Crippen molar-refractivity contribution in [2.24, 2.45) is 5.73 Å². The van der Waals surface area contributed by atoms with Crippen molar-refractivity contribution in [3.8, 4) is 11.4 Å². The van der Waals surface area contributed by atoms with E-state index in [1.54, 1.807) is 7.11 Å². The number of nitrogens with zero attached hydrogens (tertiary/aromatic N) is 2. The molecule has 3 N–H and O–H groups in total. The fourth-order valence-electron chi connectivity index (χ4n) is 3.37. The molecule has 0 unspecified atom stereocenters. The largest absolute Gasteiger partial charge is 0.497 e. The van der Waals surface area contributed by atoms with Crippen LogP contribution in [0.3, 0.4) is 0 Å². The van der Waals surface area contributed by atoms with Crippen LogP contribution in [0, 0.1) is 0 Å². The van der Waals surface area contributed by atoms with Gasteiger partial charge in [0.15, 0.2) is 0 Å². The van der Waals surface area contributed by atoms with Crippen molar-refractivity contribution in [2.45, 2.75) is 25.0 Å². The van der Waals surface area contributed by atoms with Crippen LogP contribution in [-0.2, 0) is 9.53 Å². The van der Waals surface area contributed by atoms with Gasteiger partial charge in [0.2, 0.25) is 5.95 Å². The molecule has 1 aliphatic heterocycles. The number of nitrogens with one attached hydrogen (secondary N) is 1. The Morgan fingerprint density at radius 1 is 1.25 bits per heavy atom. The molecule has 4 rings (SSSR count). The van der Waals surface area contributed by atoms with Crippen LogP contribution in [0.15, 0.2) is 48.5 Å². The molecule has 2 aromatic carbocycles. The van der Waals surface area contributed by atoms with Crippen molar-refractivity contribution in [3.05, 3.63) is 48.5 Å². The Morgan fingerprint density at radius 3 is 2.68 bits per heavy atom. The number of benzene rings is 2. The average molecular weight is 403 g/mol. The first-order valence-corrected chi connectivity index (χ1v) is 8.98. The third-order valence-corrected chi connectivity index (χ3v) is 4.79. The number of carbonyl (C=O) groups is 1. The molecule has 148 valence electrons. The maximum atomic E-state index is 12.7. The number of halogens is 1. The molecular weight excluding hydrogens is 380 g/mol. The molecule has 0 aliphatic carbocycles. The summed E-state index contributed by atoms with van der Waals surface area (Å²) in [5, 5.41) is 2.93. The van der Waals surface area contributed by atoms with E-state index in [0.29, 0.717) is 18.9 Å². The quantitative estimate of drug-likeness (QED) is 0.684. The Labute approximate surface area is 169 Å². The number of rotatable bonds is 5.